The third kappa shape index (κ3) is 2.57. The van der Waals surface area contributed by atoms with E-state index in [-0.39, 0.29) is 5.92 Å². The predicted molar refractivity (Wildman–Crippen MR) is 83.2 cm³/mol. The maximum atomic E-state index is 11.1. The van der Waals surface area contributed by atoms with Crippen LogP contribution in [-0.4, -0.2) is 34.1 Å². The van der Waals surface area contributed by atoms with Crippen LogP contribution in [0.3, 0.4) is 0 Å². The van der Waals surface area contributed by atoms with Crippen molar-refractivity contribution in [3.63, 3.8) is 0 Å². The molecule has 2 fully saturated rings. The zero-order valence-corrected chi connectivity index (χ0v) is 12.9. The van der Waals surface area contributed by atoms with Gasteiger partial charge in [0.15, 0.2) is 0 Å². The van der Waals surface area contributed by atoms with Gasteiger partial charge in [0.2, 0.25) is 0 Å². The molecule has 1 aliphatic heterocycles. The van der Waals surface area contributed by atoms with Crippen LogP contribution >= 0.6 is 0 Å². The fourth-order valence-corrected chi connectivity index (χ4v) is 3.72. The van der Waals surface area contributed by atoms with E-state index in [1.54, 1.807) is 0 Å². The normalized spacial score (nSPS) is 22.5. The summed E-state index contributed by atoms with van der Waals surface area (Å²) in [5, 5.41) is 9.17. The van der Waals surface area contributed by atoms with Crippen LogP contribution in [0.4, 0.5) is 5.82 Å². The highest BCUT2D eigenvalue weighted by atomic mass is 16.4. The summed E-state index contributed by atoms with van der Waals surface area (Å²) in [5.41, 5.74) is 2.60. The third-order valence-electron chi connectivity index (χ3n) is 5.26. The Morgan fingerprint density at radius 3 is 2.45 bits per heavy atom. The zero-order chi connectivity index (χ0) is 15.1. The number of aliphatic carboxylic acids is 1. The maximum absolute atomic E-state index is 11.1. The Bertz CT molecular complexity index is 590. The summed E-state index contributed by atoms with van der Waals surface area (Å²) in [6.07, 6.45) is 8.51. The van der Waals surface area contributed by atoms with Crippen LogP contribution in [-0.2, 0) is 17.6 Å². The standard InChI is InChI=1S/C17H23N3O2/c21-17(22)12-7-9-20(10-8-12)16-13-3-1-2-4-14(13)18-15(19-16)11-5-6-11/h11-12H,1-10H2,(H,21,22). The second-order valence-electron chi connectivity index (χ2n) is 6.91. The van der Waals surface area contributed by atoms with E-state index in [9.17, 15) is 4.79 Å². The molecule has 0 spiro atoms. The number of carboxylic acid groups (broad SMARTS) is 1. The molecule has 5 heteroatoms. The first-order valence-corrected chi connectivity index (χ1v) is 8.60. The molecule has 22 heavy (non-hydrogen) atoms. The van der Waals surface area contributed by atoms with E-state index in [1.807, 2.05) is 0 Å². The van der Waals surface area contributed by atoms with Crippen molar-refractivity contribution in [1.82, 2.24) is 9.97 Å². The molecule has 3 aliphatic rings. The van der Waals surface area contributed by atoms with Gasteiger partial charge in [-0.15, -0.1) is 0 Å². The monoisotopic (exact) mass is 301 g/mol. The molecule has 0 unspecified atom stereocenters. The van der Waals surface area contributed by atoms with Crippen LogP contribution in [0.15, 0.2) is 0 Å². The van der Waals surface area contributed by atoms with Crippen molar-refractivity contribution >= 4 is 11.8 Å². The number of aryl methyl sites for hydroxylation is 1. The van der Waals surface area contributed by atoms with E-state index >= 15 is 0 Å². The Morgan fingerprint density at radius 2 is 1.77 bits per heavy atom. The van der Waals surface area contributed by atoms with Crippen molar-refractivity contribution in [3.8, 4) is 0 Å². The van der Waals surface area contributed by atoms with Gasteiger partial charge in [0, 0.05) is 30.3 Å². The lowest BCUT2D eigenvalue weighted by Gasteiger charge is -2.33. The summed E-state index contributed by atoms with van der Waals surface area (Å²) in [6.45, 7) is 1.62. The minimum Gasteiger partial charge on any atom is -0.481 e. The first-order chi connectivity index (χ1) is 10.7. The topological polar surface area (TPSA) is 66.3 Å². The van der Waals surface area contributed by atoms with E-state index in [1.165, 1.54) is 36.9 Å². The van der Waals surface area contributed by atoms with E-state index in [0.717, 1.165) is 50.4 Å². The van der Waals surface area contributed by atoms with E-state index < -0.39 is 5.97 Å². The number of carbonyl (C=O) groups is 1. The summed E-state index contributed by atoms with van der Waals surface area (Å²) in [5.74, 6) is 1.90. The van der Waals surface area contributed by atoms with Gasteiger partial charge in [-0.2, -0.15) is 0 Å². The predicted octanol–water partition coefficient (Wildman–Crippen LogP) is 2.53. The van der Waals surface area contributed by atoms with Crippen LogP contribution in [0, 0.1) is 5.92 Å². The lowest BCUT2D eigenvalue weighted by atomic mass is 9.93. The van der Waals surface area contributed by atoms with Gasteiger partial charge in [0.1, 0.15) is 11.6 Å². The molecule has 5 nitrogen and oxygen atoms in total. The SMILES string of the molecule is O=C(O)C1CCN(c2nc(C3CC3)nc3c2CCCC3)CC1. The molecule has 0 aromatic carbocycles. The zero-order valence-electron chi connectivity index (χ0n) is 12.9. The van der Waals surface area contributed by atoms with Gasteiger partial charge in [0.05, 0.1) is 5.92 Å². The number of rotatable bonds is 3. The first kappa shape index (κ1) is 14.0. The molecule has 2 aliphatic carbocycles. The molecule has 0 radical (unpaired) electrons. The Hall–Kier alpha value is -1.65. The number of fused-ring (bicyclic) bond motifs is 1. The Morgan fingerprint density at radius 1 is 1.05 bits per heavy atom. The average molecular weight is 301 g/mol. The average Bonchev–Trinajstić information content (AvgIpc) is 3.39. The number of hydrogen-bond donors (Lipinski definition) is 1. The molecule has 0 bridgehead atoms. The van der Waals surface area contributed by atoms with Gasteiger partial charge in [-0.3, -0.25) is 4.79 Å². The summed E-state index contributed by atoms with van der Waals surface area (Å²) >= 11 is 0. The second kappa shape index (κ2) is 5.52. The highest BCUT2D eigenvalue weighted by molar-refractivity contribution is 5.70. The fraction of sp³-hybridized carbons (Fsp3) is 0.706. The highest BCUT2D eigenvalue weighted by Gasteiger charge is 2.32. The molecule has 1 saturated carbocycles. The number of carboxylic acids is 1. The van der Waals surface area contributed by atoms with Crippen LogP contribution in [0.2, 0.25) is 0 Å². The molecular formula is C17H23N3O2. The second-order valence-corrected chi connectivity index (χ2v) is 6.91. The summed E-state index contributed by atoms with van der Waals surface area (Å²) in [4.78, 5) is 23.2. The minimum absolute atomic E-state index is 0.184. The molecule has 0 amide bonds. The first-order valence-electron chi connectivity index (χ1n) is 8.60. The molecule has 1 aromatic rings. The van der Waals surface area contributed by atoms with Gasteiger partial charge in [0.25, 0.3) is 0 Å². The Balaban J connectivity index is 1.62. The summed E-state index contributed by atoms with van der Waals surface area (Å²) in [6, 6.07) is 0. The van der Waals surface area contributed by atoms with Gasteiger partial charge >= 0.3 is 5.97 Å². The van der Waals surface area contributed by atoms with Crippen LogP contribution in [0.5, 0.6) is 0 Å². The van der Waals surface area contributed by atoms with Crippen molar-refractivity contribution < 1.29 is 9.90 Å². The molecular weight excluding hydrogens is 278 g/mol. The van der Waals surface area contributed by atoms with Crippen molar-refractivity contribution in [2.45, 2.75) is 57.3 Å². The highest BCUT2D eigenvalue weighted by Crippen LogP contribution is 2.40. The van der Waals surface area contributed by atoms with Gasteiger partial charge in [-0.1, -0.05) is 0 Å². The number of aromatic nitrogens is 2. The van der Waals surface area contributed by atoms with Gasteiger partial charge < -0.3 is 10.0 Å². The Labute approximate surface area is 130 Å². The molecule has 0 atom stereocenters. The van der Waals surface area contributed by atoms with E-state index in [4.69, 9.17) is 15.1 Å². The molecule has 1 saturated heterocycles. The smallest absolute Gasteiger partial charge is 0.306 e. The maximum Gasteiger partial charge on any atom is 0.306 e. The third-order valence-corrected chi connectivity index (χ3v) is 5.26. The van der Waals surface area contributed by atoms with E-state index in [0.29, 0.717) is 5.92 Å². The summed E-state index contributed by atoms with van der Waals surface area (Å²) in [7, 11) is 0. The molecule has 1 aromatic heterocycles. The molecule has 118 valence electrons. The molecule has 2 heterocycles. The van der Waals surface area contributed by atoms with Crippen molar-refractivity contribution in [2.75, 3.05) is 18.0 Å². The number of piperidine rings is 1. The van der Waals surface area contributed by atoms with Gasteiger partial charge in [-0.05, 0) is 51.4 Å². The quantitative estimate of drug-likeness (QED) is 0.929. The lowest BCUT2D eigenvalue weighted by Crippen LogP contribution is -2.38. The van der Waals surface area contributed by atoms with Crippen molar-refractivity contribution in [3.05, 3.63) is 17.1 Å². The largest absolute Gasteiger partial charge is 0.481 e. The Kier molecular flexibility index (Phi) is 3.51. The van der Waals surface area contributed by atoms with Crippen molar-refractivity contribution in [1.29, 1.82) is 0 Å². The molecule has 4 rings (SSSR count). The van der Waals surface area contributed by atoms with Crippen LogP contribution in [0.25, 0.3) is 0 Å². The van der Waals surface area contributed by atoms with Crippen LogP contribution in [0.1, 0.15) is 61.5 Å². The van der Waals surface area contributed by atoms with E-state index in [2.05, 4.69) is 4.90 Å². The fourth-order valence-electron chi connectivity index (χ4n) is 3.72. The molecule has 1 N–H and O–H groups in total. The number of nitrogens with zero attached hydrogens (tertiary/aromatic N) is 3. The van der Waals surface area contributed by atoms with Crippen LogP contribution < -0.4 is 4.90 Å². The number of hydrogen-bond acceptors (Lipinski definition) is 4. The lowest BCUT2D eigenvalue weighted by molar-refractivity contribution is -0.142. The minimum atomic E-state index is -0.650. The van der Waals surface area contributed by atoms with Gasteiger partial charge in [-0.25, -0.2) is 9.97 Å². The summed E-state index contributed by atoms with van der Waals surface area (Å²) < 4.78 is 0. The van der Waals surface area contributed by atoms with Crippen molar-refractivity contribution in [2.24, 2.45) is 5.92 Å². The number of anilines is 1.